The SMILES string of the molecule is CC(NC(=O)CC1COCCN1)c1cccc(OCc2ccccn2)c1.Cl.Cl. The van der Waals surface area contributed by atoms with Crippen molar-refractivity contribution in [3.05, 3.63) is 59.9 Å². The quantitative estimate of drug-likeness (QED) is 0.710. The number of benzene rings is 1. The summed E-state index contributed by atoms with van der Waals surface area (Å²) in [6.45, 7) is 4.47. The van der Waals surface area contributed by atoms with Crippen LogP contribution in [0.1, 0.15) is 30.6 Å². The van der Waals surface area contributed by atoms with Gasteiger partial charge >= 0.3 is 0 Å². The zero-order valence-corrected chi connectivity index (χ0v) is 17.4. The fourth-order valence-electron chi connectivity index (χ4n) is 2.87. The Hall–Kier alpha value is -1.86. The topological polar surface area (TPSA) is 72.5 Å². The zero-order valence-electron chi connectivity index (χ0n) is 15.8. The van der Waals surface area contributed by atoms with Crippen molar-refractivity contribution in [1.82, 2.24) is 15.6 Å². The zero-order chi connectivity index (χ0) is 18.2. The number of rotatable bonds is 7. The predicted octanol–water partition coefficient (Wildman–Crippen LogP) is 3.06. The Morgan fingerprint density at radius 1 is 1.32 bits per heavy atom. The molecule has 0 spiro atoms. The second kappa shape index (κ2) is 12.6. The fourth-order valence-corrected chi connectivity index (χ4v) is 2.87. The van der Waals surface area contributed by atoms with Gasteiger partial charge in [0.15, 0.2) is 0 Å². The number of nitrogens with zero attached hydrogens (tertiary/aromatic N) is 1. The van der Waals surface area contributed by atoms with E-state index in [1.807, 2.05) is 49.4 Å². The highest BCUT2D eigenvalue weighted by Crippen LogP contribution is 2.20. The molecule has 0 radical (unpaired) electrons. The standard InChI is InChI=1S/C20H25N3O3.2ClH/c1-15(23-20(24)12-18-13-25-10-9-22-18)16-5-4-7-19(11-16)26-14-17-6-2-3-8-21-17;;/h2-8,11,15,18,22H,9-10,12-14H2,1H3,(H,23,24);2*1H. The summed E-state index contributed by atoms with van der Waals surface area (Å²) in [7, 11) is 0. The molecular weight excluding hydrogens is 401 g/mol. The van der Waals surface area contributed by atoms with Crippen molar-refractivity contribution in [1.29, 1.82) is 0 Å². The van der Waals surface area contributed by atoms with Crippen LogP contribution in [0.2, 0.25) is 0 Å². The van der Waals surface area contributed by atoms with Crippen molar-refractivity contribution >= 4 is 30.7 Å². The molecule has 3 rings (SSSR count). The van der Waals surface area contributed by atoms with E-state index < -0.39 is 0 Å². The fraction of sp³-hybridized carbons (Fsp3) is 0.400. The number of hydrogen-bond acceptors (Lipinski definition) is 5. The summed E-state index contributed by atoms with van der Waals surface area (Å²) in [6, 6.07) is 13.5. The Balaban J connectivity index is 0.00000196. The summed E-state index contributed by atoms with van der Waals surface area (Å²) in [4.78, 5) is 16.5. The monoisotopic (exact) mass is 427 g/mol. The molecule has 1 aliphatic rings. The molecule has 1 fully saturated rings. The van der Waals surface area contributed by atoms with Crippen LogP contribution >= 0.6 is 24.8 Å². The maximum absolute atomic E-state index is 12.2. The highest BCUT2D eigenvalue weighted by atomic mass is 35.5. The number of carbonyl (C=O) groups is 1. The summed E-state index contributed by atoms with van der Waals surface area (Å²) in [5, 5.41) is 6.33. The molecule has 2 unspecified atom stereocenters. The van der Waals surface area contributed by atoms with E-state index in [1.54, 1.807) is 6.20 Å². The number of morpholine rings is 1. The average Bonchev–Trinajstić information content (AvgIpc) is 2.68. The number of ether oxygens (including phenoxy) is 2. The molecule has 8 heteroatoms. The number of pyridine rings is 1. The molecule has 0 bridgehead atoms. The van der Waals surface area contributed by atoms with Gasteiger partial charge in [-0.1, -0.05) is 18.2 Å². The summed E-state index contributed by atoms with van der Waals surface area (Å²) in [5.74, 6) is 0.775. The Kier molecular flexibility index (Phi) is 10.9. The van der Waals surface area contributed by atoms with E-state index >= 15 is 0 Å². The van der Waals surface area contributed by atoms with Gasteiger partial charge in [-0.05, 0) is 36.8 Å². The highest BCUT2D eigenvalue weighted by Gasteiger charge is 2.18. The van der Waals surface area contributed by atoms with Gasteiger partial charge in [0.25, 0.3) is 0 Å². The van der Waals surface area contributed by atoms with Crippen LogP contribution in [-0.2, 0) is 16.1 Å². The predicted molar refractivity (Wildman–Crippen MR) is 113 cm³/mol. The van der Waals surface area contributed by atoms with Crippen LogP contribution in [0.3, 0.4) is 0 Å². The van der Waals surface area contributed by atoms with E-state index in [4.69, 9.17) is 9.47 Å². The lowest BCUT2D eigenvalue weighted by atomic mass is 10.1. The molecule has 1 aromatic heterocycles. The number of carbonyl (C=O) groups excluding carboxylic acids is 1. The molecule has 154 valence electrons. The summed E-state index contributed by atoms with van der Waals surface area (Å²) >= 11 is 0. The maximum Gasteiger partial charge on any atom is 0.222 e. The minimum absolute atomic E-state index is 0. The van der Waals surface area contributed by atoms with Crippen molar-refractivity contribution in [2.75, 3.05) is 19.8 Å². The van der Waals surface area contributed by atoms with E-state index in [0.717, 1.165) is 23.6 Å². The Bertz CT molecular complexity index is 713. The van der Waals surface area contributed by atoms with Crippen molar-refractivity contribution in [2.24, 2.45) is 0 Å². The normalized spacial score (nSPS) is 16.8. The number of halogens is 2. The first kappa shape index (κ1) is 24.2. The third-order valence-corrected chi connectivity index (χ3v) is 4.28. The van der Waals surface area contributed by atoms with Crippen LogP contribution in [0.5, 0.6) is 5.75 Å². The van der Waals surface area contributed by atoms with Crippen molar-refractivity contribution < 1.29 is 14.3 Å². The summed E-state index contributed by atoms with van der Waals surface area (Å²) in [6.07, 6.45) is 2.17. The first-order chi connectivity index (χ1) is 12.7. The molecule has 2 heterocycles. The van der Waals surface area contributed by atoms with Gasteiger partial charge in [0.2, 0.25) is 5.91 Å². The lowest BCUT2D eigenvalue weighted by Gasteiger charge is -2.24. The third kappa shape index (κ3) is 7.64. The van der Waals surface area contributed by atoms with Crippen molar-refractivity contribution in [3.8, 4) is 5.75 Å². The van der Waals surface area contributed by atoms with E-state index in [1.165, 1.54) is 0 Å². The Labute approximate surface area is 178 Å². The second-order valence-electron chi connectivity index (χ2n) is 6.40. The molecule has 28 heavy (non-hydrogen) atoms. The summed E-state index contributed by atoms with van der Waals surface area (Å²) in [5.41, 5.74) is 1.88. The number of amides is 1. The Morgan fingerprint density at radius 2 is 2.18 bits per heavy atom. The molecule has 6 nitrogen and oxygen atoms in total. The molecule has 0 aliphatic carbocycles. The van der Waals surface area contributed by atoms with E-state index in [9.17, 15) is 4.79 Å². The van der Waals surface area contributed by atoms with Gasteiger partial charge in [0.05, 0.1) is 24.9 Å². The van der Waals surface area contributed by atoms with Gasteiger partial charge in [-0.25, -0.2) is 0 Å². The van der Waals surface area contributed by atoms with Gasteiger partial charge in [-0.3, -0.25) is 9.78 Å². The van der Waals surface area contributed by atoms with E-state index in [0.29, 0.717) is 26.2 Å². The lowest BCUT2D eigenvalue weighted by molar-refractivity contribution is -0.122. The molecule has 1 saturated heterocycles. The van der Waals surface area contributed by atoms with Crippen LogP contribution in [0.15, 0.2) is 48.7 Å². The van der Waals surface area contributed by atoms with Crippen LogP contribution < -0.4 is 15.4 Å². The first-order valence-electron chi connectivity index (χ1n) is 8.94. The minimum Gasteiger partial charge on any atom is -0.487 e. The van der Waals surface area contributed by atoms with E-state index in [-0.39, 0.29) is 42.8 Å². The molecule has 2 atom stereocenters. The molecule has 1 aromatic carbocycles. The average molecular weight is 428 g/mol. The largest absolute Gasteiger partial charge is 0.487 e. The van der Waals surface area contributed by atoms with Gasteiger partial charge in [0.1, 0.15) is 12.4 Å². The minimum atomic E-state index is -0.0922. The molecule has 2 N–H and O–H groups in total. The lowest BCUT2D eigenvalue weighted by Crippen LogP contribution is -2.44. The van der Waals surface area contributed by atoms with Crippen LogP contribution in [0.25, 0.3) is 0 Å². The third-order valence-electron chi connectivity index (χ3n) is 4.28. The van der Waals surface area contributed by atoms with Crippen LogP contribution in [-0.4, -0.2) is 36.7 Å². The molecule has 0 saturated carbocycles. The van der Waals surface area contributed by atoms with Gasteiger partial charge in [-0.15, -0.1) is 24.8 Å². The first-order valence-corrected chi connectivity index (χ1v) is 8.94. The molecule has 2 aromatic rings. The Morgan fingerprint density at radius 3 is 2.89 bits per heavy atom. The molecule has 1 aliphatic heterocycles. The number of nitrogens with one attached hydrogen (secondary N) is 2. The maximum atomic E-state index is 12.2. The van der Waals surface area contributed by atoms with E-state index in [2.05, 4.69) is 15.6 Å². The molecule has 1 amide bonds. The number of aromatic nitrogens is 1. The second-order valence-corrected chi connectivity index (χ2v) is 6.40. The summed E-state index contributed by atoms with van der Waals surface area (Å²) < 4.78 is 11.2. The highest BCUT2D eigenvalue weighted by molar-refractivity contribution is 5.85. The molecular formula is C20H27Cl2N3O3. The van der Waals surface area contributed by atoms with Crippen molar-refractivity contribution in [2.45, 2.75) is 32.0 Å². The van der Waals surface area contributed by atoms with Gasteiger partial charge in [0, 0.05) is 25.2 Å². The van der Waals surface area contributed by atoms with Gasteiger partial charge in [-0.2, -0.15) is 0 Å². The van der Waals surface area contributed by atoms with Gasteiger partial charge < -0.3 is 20.1 Å². The van der Waals surface area contributed by atoms with Crippen LogP contribution in [0.4, 0.5) is 0 Å². The smallest absolute Gasteiger partial charge is 0.222 e. The van der Waals surface area contributed by atoms with Crippen LogP contribution in [0, 0.1) is 0 Å². The van der Waals surface area contributed by atoms with Crippen molar-refractivity contribution in [3.63, 3.8) is 0 Å². The number of hydrogen-bond donors (Lipinski definition) is 2.